The normalized spacial score (nSPS) is 12.5. The molecule has 14 heteroatoms. The molecule has 0 unspecified atom stereocenters. The Morgan fingerprint density at radius 3 is 1.17 bits per heavy atom. The topological polar surface area (TPSA) is 222 Å². The van der Waals surface area contributed by atoms with E-state index in [0.29, 0.717) is 32.9 Å². The molecule has 0 spiro atoms. The molecular weight excluding hydrogens is 649 g/mol. The number of azo groups is 2. The Balaban J connectivity index is 1.28. The van der Waals surface area contributed by atoms with Crippen molar-refractivity contribution in [3.05, 3.63) is 108 Å². The van der Waals surface area contributed by atoms with E-state index in [-0.39, 0.29) is 32.5 Å². The molecule has 0 aromatic heterocycles. The second-order valence-corrected chi connectivity index (χ2v) is 14.3. The molecule has 0 amide bonds. The van der Waals surface area contributed by atoms with Crippen molar-refractivity contribution in [2.24, 2.45) is 30.7 Å². The third kappa shape index (κ3) is 6.24. The standard InChI is InChI=1S/C34H30N8O4S2/c1-19-15-21(39-41-29-17-31(47(37,43)44)25-7-3-5-9-27(25)33(29)35)11-13-23(19)24-14-12-22(16-20(24)2)40-42-30-18-32(48(38,45)46)26-8-4-6-10-28(26)34(30)36/h3-18H,35-36H2,1-2H3,(H2,37,43,44)(H2,38,45,46)/b41-39+,42-40+. The van der Waals surface area contributed by atoms with E-state index in [9.17, 15) is 16.8 Å². The molecular formula is C34H30N8O4S2. The van der Waals surface area contributed by atoms with Crippen LogP contribution >= 0.6 is 0 Å². The Kier molecular flexibility index (Phi) is 8.26. The second-order valence-electron chi connectivity index (χ2n) is 11.2. The van der Waals surface area contributed by atoms with Crippen LogP contribution in [-0.2, 0) is 20.0 Å². The maximum Gasteiger partial charge on any atom is 0.238 e. The SMILES string of the molecule is Cc1cc(/N=N/c2cc(S(N)(=O)=O)c3ccccc3c2N)ccc1-c1ccc(/N=N/c2cc(S(N)(=O)=O)c3ccccc3c2N)cc1C. The Bertz CT molecular complexity index is 2390. The quantitative estimate of drug-likeness (QED) is 0.0983. The van der Waals surface area contributed by atoms with E-state index >= 15 is 0 Å². The van der Waals surface area contributed by atoms with Crippen LogP contribution in [0.3, 0.4) is 0 Å². The minimum absolute atomic E-state index is 0.0831. The van der Waals surface area contributed by atoms with Crippen molar-refractivity contribution in [1.29, 1.82) is 0 Å². The van der Waals surface area contributed by atoms with Gasteiger partial charge in [0.2, 0.25) is 20.0 Å². The van der Waals surface area contributed by atoms with Crippen LogP contribution in [0.15, 0.2) is 127 Å². The van der Waals surface area contributed by atoms with Gasteiger partial charge in [0, 0.05) is 21.5 Å². The minimum Gasteiger partial charge on any atom is -0.396 e. The molecule has 0 aliphatic carbocycles. The molecule has 6 aromatic carbocycles. The zero-order valence-corrected chi connectivity index (χ0v) is 27.4. The van der Waals surface area contributed by atoms with Gasteiger partial charge in [-0.2, -0.15) is 10.2 Å². The number of fused-ring (bicyclic) bond motifs is 2. The number of hydrogen-bond donors (Lipinski definition) is 4. The lowest BCUT2D eigenvalue weighted by molar-refractivity contribution is 0.597. The van der Waals surface area contributed by atoms with E-state index in [4.69, 9.17) is 21.7 Å². The predicted molar refractivity (Wildman–Crippen MR) is 189 cm³/mol. The summed E-state index contributed by atoms with van der Waals surface area (Å²) in [5.74, 6) is 0. The van der Waals surface area contributed by atoms with Gasteiger partial charge in [-0.1, -0.05) is 60.7 Å². The van der Waals surface area contributed by atoms with Crippen LogP contribution in [0, 0.1) is 13.8 Å². The highest BCUT2D eigenvalue weighted by Crippen LogP contribution is 2.39. The molecule has 0 bridgehead atoms. The number of rotatable bonds is 7. The largest absolute Gasteiger partial charge is 0.396 e. The van der Waals surface area contributed by atoms with E-state index in [0.717, 1.165) is 22.3 Å². The van der Waals surface area contributed by atoms with E-state index in [1.54, 1.807) is 60.7 Å². The average molecular weight is 679 g/mol. The first-order chi connectivity index (χ1) is 22.7. The van der Waals surface area contributed by atoms with Gasteiger partial charge in [0.25, 0.3) is 0 Å². The molecule has 0 aliphatic heterocycles. The lowest BCUT2D eigenvalue weighted by atomic mass is 9.96. The summed E-state index contributed by atoms with van der Waals surface area (Å²) < 4.78 is 49.1. The molecule has 0 aliphatic rings. The van der Waals surface area contributed by atoms with Crippen LogP contribution in [0.25, 0.3) is 32.7 Å². The molecule has 48 heavy (non-hydrogen) atoms. The molecule has 6 aromatic rings. The first-order valence-electron chi connectivity index (χ1n) is 14.5. The number of nitrogen functional groups attached to an aromatic ring is 2. The van der Waals surface area contributed by atoms with E-state index in [1.807, 2.05) is 38.1 Å². The fraction of sp³-hybridized carbons (Fsp3) is 0.0588. The Labute approximate surface area is 276 Å². The Hall–Kier alpha value is -5.54. The highest BCUT2D eigenvalue weighted by Gasteiger charge is 2.19. The molecule has 0 saturated carbocycles. The van der Waals surface area contributed by atoms with Crippen LogP contribution in [0.5, 0.6) is 0 Å². The highest BCUT2D eigenvalue weighted by molar-refractivity contribution is 7.89. The summed E-state index contributed by atoms with van der Waals surface area (Å²) >= 11 is 0. The summed E-state index contributed by atoms with van der Waals surface area (Å²) in [6.45, 7) is 3.88. The van der Waals surface area contributed by atoms with Crippen molar-refractivity contribution in [3.63, 3.8) is 0 Å². The summed E-state index contributed by atoms with van der Waals surface area (Å²) in [6.07, 6.45) is 0. The molecule has 242 valence electrons. The average Bonchev–Trinajstić information content (AvgIpc) is 3.03. The number of benzene rings is 6. The Morgan fingerprint density at radius 1 is 0.479 bits per heavy atom. The summed E-state index contributed by atoms with van der Waals surface area (Å²) in [6, 6.07) is 27.4. The fourth-order valence-electron chi connectivity index (χ4n) is 5.58. The lowest BCUT2D eigenvalue weighted by Crippen LogP contribution is -2.13. The predicted octanol–water partition coefficient (Wildman–Crippen LogP) is 7.57. The van der Waals surface area contributed by atoms with Gasteiger partial charge in [-0.25, -0.2) is 27.1 Å². The molecule has 8 N–H and O–H groups in total. The van der Waals surface area contributed by atoms with Crippen LogP contribution in [0.2, 0.25) is 0 Å². The number of aryl methyl sites for hydroxylation is 2. The summed E-state index contributed by atoms with van der Waals surface area (Å²) in [5, 5.41) is 30.0. The van der Waals surface area contributed by atoms with Crippen molar-refractivity contribution in [1.82, 2.24) is 0 Å². The molecule has 0 radical (unpaired) electrons. The number of hydrogen-bond acceptors (Lipinski definition) is 10. The minimum atomic E-state index is -4.04. The number of nitrogens with two attached hydrogens (primary N) is 4. The smallest absolute Gasteiger partial charge is 0.238 e. The fourth-order valence-corrected chi connectivity index (χ4v) is 7.11. The number of anilines is 2. The first-order valence-corrected chi connectivity index (χ1v) is 17.5. The van der Waals surface area contributed by atoms with Crippen LogP contribution < -0.4 is 21.7 Å². The van der Waals surface area contributed by atoms with Gasteiger partial charge in [-0.05, 0) is 72.5 Å². The van der Waals surface area contributed by atoms with Gasteiger partial charge in [-0.15, -0.1) is 10.2 Å². The van der Waals surface area contributed by atoms with Crippen molar-refractivity contribution in [2.75, 3.05) is 11.5 Å². The number of primary sulfonamides is 2. The monoisotopic (exact) mass is 678 g/mol. The van der Waals surface area contributed by atoms with E-state index < -0.39 is 20.0 Å². The summed E-state index contributed by atoms with van der Waals surface area (Å²) in [5.41, 5.74) is 18.4. The van der Waals surface area contributed by atoms with Crippen molar-refractivity contribution < 1.29 is 16.8 Å². The zero-order chi connectivity index (χ0) is 34.4. The molecule has 0 saturated heterocycles. The third-order valence-corrected chi connectivity index (χ3v) is 9.82. The zero-order valence-electron chi connectivity index (χ0n) is 25.8. The van der Waals surface area contributed by atoms with Crippen molar-refractivity contribution in [2.45, 2.75) is 23.6 Å². The van der Waals surface area contributed by atoms with Crippen LogP contribution in [0.4, 0.5) is 34.1 Å². The number of nitrogens with zero attached hydrogens (tertiary/aromatic N) is 4. The maximum absolute atomic E-state index is 12.3. The van der Waals surface area contributed by atoms with Gasteiger partial charge < -0.3 is 11.5 Å². The molecule has 0 heterocycles. The maximum atomic E-state index is 12.3. The highest BCUT2D eigenvalue weighted by atomic mass is 32.2. The Morgan fingerprint density at radius 2 is 0.833 bits per heavy atom. The summed E-state index contributed by atoms with van der Waals surface area (Å²) in [4.78, 5) is -0.166. The molecule has 12 nitrogen and oxygen atoms in total. The van der Waals surface area contributed by atoms with Gasteiger partial charge in [0.05, 0.1) is 32.5 Å². The van der Waals surface area contributed by atoms with Gasteiger partial charge in [-0.3, -0.25) is 0 Å². The lowest BCUT2D eigenvalue weighted by Gasteiger charge is -2.11. The first kappa shape index (κ1) is 32.4. The van der Waals surface area contributed by atoms with Crippen LogP contribution in [-0.4, -0.2) is 16.8 Å². The summed E-state index contributed by atoms with van der Waals surface area (Å²) in [7, 11) is -8.08. The van der Waals surface area contributed by atoms with Crippen LogP contribution in [0.1, 0.15) is 11.1 Å². The molecule has 0 fully saturated rings. The molecule has 6 rings (SSSR count). The van der Waals surface area contributed by atoms with Crippen molar-refractivity contribution >= 4 is 75.7 Å². The van der Waals surface area contributed by atoms with Crippen molar-refractivity contribution in [3.8, 4) is 11.1 Å². The third-order valence-electron chi connectivity index (χ3n) is 7.92. The van der Waals surface area contributed by atoms with E-state index in [1.165, 1.54) is 12.1 Å². The number of sulfonamides is 2. The van der Waals surface area contributed by atoms with Gasteiger partial charge in [0.15, 0.2) is 0 Å². The van der Waals surface area contributed by atoms with Gasteiger partial charge >= 0.3 is 0 Å². The van der Waals surface area contributed by atoms with Gasteiger partial charge in [0.1, 0.15) is 11.4 Å². The second kappa shape index (κ2) is 12.2. The van der Waals surface area contributed by atoms with E-state index in [2.05, 4.69) is 20.5 Å². The molecule has 0 atom stereocenters.